The molecule has 0 aromatic carbocycles. The molecule has 0 aliphatic carbocycles. The fourth-order valence-corrected chi connectivity index (χ4v) is 7.47. The predicted molar refractivity (Wildman–Crippen MR) is 270 cm³/mol. The molecular weight excluding hydrogens is 781 g/mol. The van der Waals surface area contributed by atoms with Crippen LogP contribution in [0.15, 0.2) is 60.8 Å². The Labute approximate surface area is 390 Å². The summed E-state index contributed by atoms with van der Waals surface area (Å²) in [5.41, 5.74) is 0. The first-order valence-electron chi connectivity index (χ1n) is 26.8. The van der Waals surface area contributed by atoms with E-state index in [1.165, 1.54) is 116 Å². The van der Waals surface area contributed by atoms with E-state index in [-0.39, 0.29) is 31.1 Å². The van der Waals surface area contributed by atoms with Crippen LogP contribution in [0.2, 0.25) is 0 Å². The molecule has 63 heavy (non-hydrogen) atoms. The Morgan fingerprint density at radius 2 is 0.635 bits per heavy atom. The minimum Gasteiger partial charge on any atom is -0.462 e. The maximum absolute atomic E-state index is 12.8. The van der Waals surface area contributed by atoms with Crippen molar-refractivity contribution < 1.29 is 28.6 Å². The lowest BCUT2D eigenvalue weighted by Crippen LogP contribution is -2.30. The van der Waals surface area contributed by atoms with Gasteiger partial charge in [0.15, 0.2) is 6.10 Å². The lowest BCUT2D eigenvalue weighted by atomic mass is 10.0. The molecule has 1 unspecified atom stereocenters. The molecule has 0 spiro atoms. The molecule has 0 saturated heterocycles. The molecular formula is C57H100O6. The molecule has 0 rings (SSSR count). The second-order valence-electron chi connectivity index (χ2n) is 17.8. The van der Waals surface area contributed by atoms with E-state index in [9.17, 15) is 14.4 Å². The molecule has 0 fully saturated rings. The van der Waals surface area contributed by atoms with Crippen LogP contribution in [0.3, 0.4) is 0 Å². The van der Waals surface area contributed by atoms with E-state index in [1.54, 1.807) is 0 Å². The summed E-state index contributed by atoms with van der Waals surface area (Å²) >= 11 is 0. The second-order valence-corrected chi connectivity index (χ2v) is 17.8. The summed E-state index contributed by atoms with van der Waals surface area (Å²) in [5, 5.41) is 0. The number of ether oxygens (including phenoxy) is 3. The molecule has 6 heteroatoms. The van der Waals surface area contributed by atoms with Gasteiger partial charge in [0.1, 0.15) is 13.2 Å². The third kappa shape index (κ3) is 50.0. The Hall–Kier alpha value is -2.89. The molecule has 0 saturated carbocycles. The van der Waals surface area contributed by atoms with E-state index >= 15 is 0 Å². The number of esters is 3. The number of carbonyl (C=O) groups is 3. The maximum atomic E-state index is 12.8. The summed E-state index contributed by atoms with van der Waals surface area (Å²) < 4.78 is 16.8. The molecule has 6 nitrogen and oxygen atoms in total. The first-order valence-corrected chi connectivity index (χ1v) is 26.8. The summed E-state index contributed by atoms with van der Waals surface area (Å²) in [6.07, 6.45) is 63.5. The van der Waals surface area contributed by atoms with Crippen LogP contribution in [0.5, 0.6) is 0 Å². The highest BCUT2D eigenvalue weighted by Gasteiger charge is 2.19. The molecule has 0 radical (unpaired) electrons. The Balaban J connectivity index is 4.34. The van der Waals surface area contributed by atoms with Gasteiger partial charge in [-0.05, 0) is 77.0 Å². The lowest BCUT2D eigenvalue weighted by Gasteiger charge is -2.18. The molecule has 1 atom stereocenters. The maximum Gasteiger partial charge on any atom is 0.306 e. The first kappa shape index (κ1) is 60.1. The number of unbranched alkanes of at least 4 members (excludes halogenated alkanes) is 27. The highest BCUT2D eigenvalue weighted by atomic mass is 16.6. The third-order valence-corrected chi connectivity index (χ3v) is 11.5. The molecule has 0 N–H and O–H groups in total. The third-order valence-electron chi connectivity index (χ3n) is 11.5. The van der Waals surface area contributed by atoms with Crippen molar-refractivity contribution in [1.82, 2.24) is 0 Å². The van der Waals surface area contributed by atoms with Crippen LogP contribution in [0.1, 0.15) is 265 Å². The van der Waals surface area contributed by atoms with E-state index in [1.807, 2.05) is 0 Å². The van der Waals surface area contributed by atoms with Crippen LogP contribution in [-0.2, 0) is 28.6 Å². The van der Waals surface area contributed by atoms with Gasteiger partial charge >= 0.3 is 17.9 Å². The number of allylic oxidation sites excluding steroid dienone is 10. The molecule has 0 bridgehead atoms. The average Bonchev–Trinajstić information content (AvgIpc) is 3.28. The van der Waals surface area contributed by atoms with Crippen molar-refractivity contribution in [3.05, 3.63) is 60.8 Å². The second kappa shape index (κ2) is 51.7. The highest BCUT2D eigenvalue weighted by Crippen LogP contribution is 2.16. The van der Waals surface area contributed by atoms with Crippen molar-refractivity contribution in [2.45, 2.75) is 271 Å². The first-order chi connectivity index (χ1) is 31.0. The van der Waals surface area contributed by atoms with E-state index < -0.39 is 6.10 Å². The van der Waals surface area contributed by atoms with Gasteiger partial charge < -0.3 is 14.2 Å². The molecule has 0 aliphatic heterocycles. The number of hydrogen-bond donors (Lipinski definition) is 0. The topological polar surface area (TPSA) is 78.9 Å². The monoisotopic (exact) mass is 881 g/mol. The van der Waals surface area contributed by atoms with Crippen LogP contribution in [0.25, 0.3) is 0 Å². The number of rotatable bonds is 48. The van der Waals surface area contributed by atoms with Gasteiger partial charge in [-0.2, -0.15) is 0 Å². The summed E-state index contributed by atoms with van der Waals surface area (Å²) in [6, 6.07) is 0. The molecule has 0 aromatic rings. The van der Waals surface area contributed by atoms with Gasteiger partial charge in [-0.1, -0.05) is 229 Å². The van der Waals surface area contributed by atoms with Crippen molar-refractivity contribution in [1.29, 1.82) is 0 Å². The van der Waals surface area contributed by atoms with Gasteiger partial charge in [0.25, 0.3) is 0 Å². The Morgan fingerprint density at radius 1 is 0.333 bits per heavy atom. The SMILES string of the molecule is CC/C=C\C/C=C\C/C=C\C/C=C\CCCCCCCCC(=O)OCC(COC(=O)CCCCCC/C=C\CCCC)OC(=O)CCCCCCCCCCCCCCCCCC. The Bertz CT molecular complexity index is 1150. The van der Waals surface area contributed by atoms with Gasteiger partial charge in [0.2, 0.25) is 0 Å². The van der Waals surface area contributed by atoms with E-state index in [0.717, 1.165) is 109 Å². The quantitative estimate of drug-likeness (QED) is 0.0262. The predicted octanol–water partition coefficient (Wildman–Crippen LogP) is 17.6. The van der Waals surface area contributed by atoms with Crippen LogP contribution >= 0.6 is 0 Å². The van der Waals surface area contributed by atoms with Crippen molar-refractivity contribution >= 4 is 17.9 Å². The molecule has 364 valence electrons. The zero-order chi connectivity index (χ0) is 45.8. The Kier molecular flexibility index (Phi) is 49.4. The van der Waals surface area contributed by atoms with Crippen molar-refractivity contribution in [3.8, 4) is 0 Å². The van der Waals surface area contributed by atoms with Crippen molar-refractivity contribution in [3.63, 3.8) is 0 Å². The minimum atomic E-state index is -0.781. The minimum absolute atomic E-state index is 0.0831. The zero-order valence-electron chi connectivity index (χ0n) is 41.6. The molecule has 0 heterocycles. The van der Waals surface area contributed by atoms with Gasteiger partial charge in [-0.15, -0.1) is 0 Å². The average molecular weight is 881 g/mol. The van der Waals surface area contributed by atoms with Crippen LogP contribution in [0, 0.1) is 0 Å². The molecule has 0 aliphatic rings. The summed E-state index contributed by atoms with van der Waals surface area (Å²) in [7, 11) is 0. The van der Waals surface area contributed by atoms with Crippen molar-refractivity contribution in [2.75, 3.05) is 13.2 Å². The summed E-state index contributed by atoms with van der Waals surface area (Å²) in [4.78, 5) is 38.0. The van der Waals surface area contributed by atoms with Gasteiger partial charge in [-0.3, -0.25) is 14.4 Å². The summed E-state index contributed by atoms with van der Waals surface area (Å²) in [5.74, 6) is -0.902. The van der Waals surface area contributed by atoms with Crippen LogP contribution < -0.4 is 0 Å². The smallest absolute Gasteiger partial charge is 0.306 e. The van der Waals surface area contributed by atoms with E-state index in [0.29, 0.717) is 19.3 Å². The fourth-order valence-electron chi connectivity index (χ4n) is 7.47. The van der Waals surface area contributed by atoms with E-state index in [4.69, 9.17) is 14.2 Å². The fraction of sp³-hybridized carbons (Fsp3) is 0.772. The zero-order valence-corrected chi connectivity index (χ0v) is 41.6. The van der Waals surface area contributed by atoms with Gasteiger partial charge in [-0.25, -0.2) is 0 Å². The van der Waals surface area contributed by atoms with Gasteiger partial charge in [0.05, 0.1) is 0 Å². The van der Waals surface area contributed by atoms with Crippen LogP contribution in [0.4, 0.5) is 0 Å². The van der Waals surface area contributed by atoms with Gasteiger partial charge in [0, 0.05) is 19.3 Å². The van der Waals surface area contributed by atoms with Crippen molar-refractivity contribution in [2.24, 2.45) is 0 Å². The van der Waals surface area contributed by atoms with E-state index in [2.05, 4.69) is 81.5 Å². The number of carbonyl (C=O) groups excluding carboxylic acids is 3. The lowest BCUT2D eigenvalue weighted by molar-refractivity contribution is -0.167. The number of hydrogen-bond acceptors (Lipinski definition) is 6. The normalized spacial score (nSPS) is 12.5. The highest BCUT2D eigenvalue weighted by molar-refractivity contribution is 5.71. The van der Waals surface area contributed by atoms with Crippen LogP contribution in [-0.4, -0.2) is 37.2 Å². The standard InChI is InChI=1S/C57H100O6/c1-4-7-10-13-16-19-22-24-26-28-29-30-32-33-35-38-41-44-47-50-56(59)62-53-54(52-61-55(58)49-46-43-40-37-21-18-15-12-9-6-3)63-57(60)51-48-45-42-39-36-34-31-27-25-23-20-17-14-11-8-5-2/h7,10,15-16,18-19,24,26,29-30,54H,4-6,8-9,11-14,17,20-23,25,27-28,31-53H2,1-3H3/b10-7-,18-15-,19-16-,26-24-,30-29-. The Morgan fingerprint density at radius 3 is 1.03 bits per heavy atom. The molecule has 0 amide bonds. The summed E-state index contributed by atoms with van der Waals surface area (Å²) in [6.45, 7) is 6.48. The largest absolute Gasteiger partial charge is 0.462 e. The molecule has 0 aromatic heterocycles.